The van der Waals surface area contributed by atoms with E-state index in [0.717, 1.165) is 0 Å². The Balaban J connectivity index is 2.10. The third kappa shape index (κ3) is 4.04. The van der Waals surface area contributed by atoms with Gasteiger partial charge in [-0.15, -0.1) is 0 Å². The van der Waals surface area contributed by atoms with Gasteiger partial charge >= 0.3 is 0 Å². The van der Waals surface area contributed by atoms with Crippen LogP contribution in [0.5, 0.6) is 11.5 Å². The van der Waals surface area contributed by atoms with Crippen LogP contribution in [0.2, 0.25) is 0 Å². The molecule has 110 valence electrons. The number of ketones is 1. The van der Waals surface area contributed by atoms with Crippen LogP contribution in [0.25, 0.3) is 0 Å². The standard InChI is InChI=1S/C15H11Br2FO3/c1-20-10-3-5-12(17)15(7-10)21-8-14(19)11-4-2-9(16)6-13(11)18/h2-7H,8H2,1H3. The molecule has 3 nitrogen and oxygen atoms in total. The van der Waals surface area contributed by atoms with Crippen molar-refractivity contribution in [3.05, 3.63) is 56.7 Å². The second-order valence-electron chi connectivity index (χ2n) is 4.13. The Morgan fingerprint density at radius 1 is 1.19 bits per heavy atom. The van der Waals surface area contributed by atoms with E-state index in [4.69, 9.17) is 9.47 Å². The number of hydrogen-bond donors (Lipinski definition) is 0. The molecule has 0 aliphatic heterocycles. The first-order valence-corrected chi connectivity index (χ1v) is 7.54. The first-order valence-electron chi connectivity index (χ1n) is 5.96. The SMILES string of the molecule is COc1ccc(Br)c(OCC(=O)c2ccc(Br)cc2F)c1. The molecule has 6 heteroatoms. The number of halogens is 3. The molecule has 21 heavy (non-hydrogen) atoms. The molecule has 0 amide bonds. The van der Waals surface area contributed by atoms with Crippen molar-refractivity contribution < 1.29 is 18.7 Å². The van der Waals surface area contributed by atoms with E-state index in [1.807, 2.05) is 0 Å². The van der Waals surface area contributed by atoms with Crippen LogP contribution in [0.1, 0.15) is 10.4 Å². The molecule has 0 bridgehead atoms. The van der Waals surface area contributed by atoms with Crippen molar-refractivity contribution in [1.29, 1.82) is 0 Å². The van der Waals surface area contributed by atoms with Crippen LogP contribution >= 0.6 is 31.9 Å². The van der Waals surface area contributed by atoms with Gasteiger partial charge in [0.15, 0.2) is 6.61 Å². The molecule has 0 atom stereocenters. The van der Waals surface area contributed by atoms with Crippen molar-refractivity contribution in [1.82, 2.24) is 0 Å². The monoisotopic (exact) mass is 416 g/mol. The summed E-state index contributed by atoms with van der Waals surface area (Å²) in [5, 5.41) is 0. The van der Waals surface area contributed by atoms with Gasteiger partial charge in [-0.3, -0.25) is 4.79 Å². The van der Waals surface area contributed by atoms with Crippen molar-refractivity contribution in [2.24, 2.45) is 0 Å². The topological polar surface area (TPSA) is 35.5 Å². The van der Waals surface area contributed by atoms with E-state index < -0.39 is 11.6 Å². The molecular weight excluding hydrogens is 407 g/mol. The summed E-state index contributed by atoms with van der Waals surface area (Å²) in [5.74, 6) is 0.0492. The first-order chi connectivity index (χ1) is 10.0. The Bertz CT molecular complexity index is 674. The summed E-state index contributed by atoms with van der Waals surface area (Å²) in [5.41, 5.74) is -0.00258. The van der Waals surface area contributed by atoms with Crippen LogP contribution in [0, 0.1) is 5.82 Å². The van der Waals surface area contributed by atoms with Gasteiger partial charge in [0.1, 0.15) is 17.3 Å². The van der Waals surface area contributed by atoms with E-state index in [2.05, 4.69) is 31.9 Å². The number of carbonyl (C=O) groups is 1. The van der Waals surface area contributed by atoms with Crippen molar-refractivity contribution in [2.45, 2.75) is 0 Å². The maximum Gasteiger partial charge on any atom is 0.203 e. The number of carbonyl (C=O) groups excluding carboxylic acids is 1. The summed E-state index contributed by atoms with van der Waals surface area (Å²) >= 11 is 6.46. The zero-order valence-electron chi connectivity index (χ0n) is 11.0. The number of benzene rings is 2. The smallest absolute Gasteiger partial charge is 0.203 e. The third-order valence-electron chi connectivity index (χ3n) is 2.73. The maximum atomic E-state index is 13.7. The molecule has 0 aromatic heterocycles. The van der Waals surface area contributed by atoms with Crippen molar-refractivity contribution in [2.75, 3.05) is 13.7 Å². The molecule has 0 radical (unpaired) electrons. The summed E-state index contributed by atoms with van der Waals surface area (Å²) in [6.45, 7) is -0.260. The molecular formula is C15H11Br2FO3. The van der Waals surface area contributed by atoms with E-state index in [9.17, 15) is 9.18 Å². The minimum atomic E-state index is -0.581. The Morgan fingerprint density at radius 2 is 1.95 bits per heavy atom. The largest absolute Gasteiger partial charge is 0.497 e. The van der Waals surface area contributed by atoms with Gasteiger partial charge in [0.2, 0.25) is 5.78 Å². The first kappa shape index (κ1) is 16.0. The molecule has 2 aromatic rings. The van der Waals surface area contributed by atoms with E-state index >= 15 is 0 Å². The zero-order valence-corrected chi connectivity index (χ0v) is 14.2. The zero-order chi connectivity index (χ0) is 15.4. The second-order valence-corrected chi connectivity index (χ2v) is 5.90. The predicted octanol–water partition coefficient (Wildman–Crippen LogP) is 4.62. The summed E-state index contributed by atoms with van der Waals surface area (Å²) in [4.78, 5) is 12.0. The highest BCUT2D eigenvalue weighted by Crippen LogP contribution is 2.29. The highest BCUT2D eigenvalue weighted by molar-refractivity contribution is 9.10. The molecule has 0 saturated heterocycles. The minimum absolute atomic E-state index is 0.00258. The Labute approximate surface area is 138 Å². The number of ether oxygens (including phenoxy) is 2. The number of Topliss-reactive ketones (excluding diaryl/α,β-unsaturated/α-hetero) is 1. The highest BCUT2D eigenvalue weighted by Gasteiger charge is 2.14. The third-order valence-corrected chi connectivity index (χ3v) is 3.88. The van der Waals surface area contributed by atoms with Gasteiger partial charge < -0.3 is 9.47 Å². The van der Waals surface area contributed by atoms with E-state index in [1.54, 1.807) is 24.3 Å². The molecule has 2 rings (SSSR count). The lowest BCUT2D eigenvalue weighted by molar-refractivity contribution is 0.0916. The normalized spacial score (nSPS) is 10.3. The van der Waals surface area contributed by atoms with Gasteiger partial charge in [0, 0.05) is 10.5 Å². The van der Waals surface area contributed by atoms with Crippen LogP contribution in [0.4, 0.5) is 4.39 Å². The molecule has 0 fully saturated rings. The molecule has 0 spiro atoms. The molecule has 0 aliphatic carbocycles. The quantitative estimate of drug-likeness (QED) is 0.666. The fourth-order valence-corrected chi connectivity index (χ4v) is 2.35. The molecule has 0 N–H and O–H groups in total. The molecule has 0 heterocycles. The molecule has 0 unspecified atom stereocenters. The lowest BCUT2D eigenvalue weighted by Crippen LogP contribution is -2.13. The second kappa shape index (κ2) is 7.04. The fraction of sp³-hybridized carbons (Fsp3) is 0.133. The van der Waals surface area contributed by atoms with Crippen LogP contribution in [-0.4, -0.2) is 19.5 Å². The van der Waals surface area contributed by atoms with Crippen molar-refractivity contribution >= 4 is 37.6 Å². The Hall–Kier alpha value is -1.40. The van der Waals surface area contributed by atoms with E-state index in [-0.39, 0.29) is 12.2 Å². The number of rotatable bonds is 5. The van der Waals surface area contributed by atoms with Gasteiger partial charge in [-0.1, -0.05) is 15.9 Å². The molecule has 0 saturated carbocycles. The van der Waals surface area contributed by atoms with Gasteiger partial charge in [0.25, 0.3) is 0 Å². The van der Waals surface area contributed by atoms with E-state index in [0.29, 0.717) is 20.4 Å². The van der Waals surface area contributed by atoms with Gasteiger partial charge in [0.05, 0.1) is 17.1 Å². The van der Waals surface area contributed by atoms with Crippen LogP contribution < -0.4 is 9.47 Å². The van der Waals surface area contributed by atoms with Crippen molar-refractivity contribution in [3.8, 4) is 11.5 Å². The lowest BCUT2D eigenvalue weighted by Gasteiger charge is -2.09. The maximum absolute atomic E-state index is 13.7. The average molecular weight is 418 g/mol. The fourth-order valence-electron chi connectivity index (χ4n) is 1.66. The molecule has 2 aromatic carbocycles. The van der Waals surface area contributed by atoms with Crippen LogP contribution in [0.15, 0.2) is 45.3 Å². The summed E-state index contributed by atoms with van der Waals surface area (Å²) in [7, 11) is 1.54. The highest BCUT2D eigenvalue weighted by atomic mass is 79.9. The van der Waals surface area contributed by atoms with Crippen LogP contribution in [-0.2, 0) is 0 Å². The summed E-state index contributed by atoms with van der Waals surface area (Å²) in [6, 6.07) is 9.43. The van der Waals surface area contributed by atoms with Gasteiger partial charge in [-0.25, -0.2) is 4.39 Å². The average Bonchev–Trinajstić information content (AvgIpc) is 2.46. The van der Waals surface area contributed by atoms with E-state index in [1.165, 1.54) is 19.2 Å². The van der Waals surface area contributed by atoms with Gasteiger partial charge in [-0.05, 0) is 46.3 Å². The summed E-state index contributed by atoms with van der Waals surface area (Å²) in [6.07, 6.45) is 0. The van der Waals surface area contributed by atoms with Crippen LogP contribution in [0.3, 0.4) is 0 Å². The predicted molar refractivity (Wildman–Crippen MR) is 84.6 cm³/mol. The Morgan fingerprint density at radius 3 is 2.62 bits per heavy atom. The Kier molecular flexibility index (Phi) is 5.36. The summed E-state index contributed by atoms with van der Waals surface area (Å²) < 4.78 is 25.5. The van der Waals surface area contributed by atoms with Gasteiger partial charge in [-0.2, -0.15) is 0 Å². The lowest BCUT2D eigenvalue weighted by atomic mass is 10.1. The van der Waals surface area contributed by atoms with Crippen molar-refractivity contribution in [3.63, 3.8) is 0 Å². The number of hydrogen-bond acceptors (Lipinski definition) is 3. The number of methoxy groups -OCH3 is 1. The molecule has 0 aliphatic rings. The minimum Gasteiger partial charge on any atom is -0.497 e.